The molecule has 0 aromatic heterocycles. The van der Waals surface area contributed by atoms with Gasteiger partial charge in [0.15, 0.2) is 0 Å². The van der Waals surface area contributed by atoms with E-state index < -0.39 is 0 Å². The quantitative estimate of drug-likeness (QED) is 0.845. The number of rotatable bonds is 5. The van der Waals surface area contributed by atoms with Crippen LogP contribution in [0.2, 0.25) is 0 Å². The molecular weight excluding hydrogens is 267 g/mol. The monoisotopic (exact) mass is 284 g/mol. The van der Waals surface area contributed by atoms with E-state index in [4.69, 9.17) is 10.00 Å². The van der Waals surface area contributed by atoms with Crippen molar-refractivity contribution < 1.29 is 9.13 Å². The number of benzene rings is 2. The van der Waals surface area contributed by atoms with Crippen molar-refractivity contribution in [2.24, 2.45) is 0 Å². The zero-order chi connectivity index (χ0) is 15.2. The second-order valence-electron chi connectivity index (χ2n) is 4.90. The van der Waals surface area contributed by atoms with Gasteiger partial charge in [-0.25, -0.2) is 4.39 Å². The Morgan fingerprint density at radius 2 is 1.86 bits per heavy atom. The predicted molar refractivity (Wildman–Crippen MR) is 79.3 cm³/mol. The normalized spacial score (nSPS) is 10.4. The molecule has 0 fully saturated rings. The van der Waals surface area contributed by atoms with E-state index in [1.807, 2.05) is 42.3 Å². The SMILES string of the molecule is COc1ccccc1CN(C)Cc1ccc(C#N)cc1F. The summed E-state index contributed by atoms with van der Waals surface area (Å²) in [6.45, 7) is 1.12. The van der Waals surface area contributed by atoms with Gasteiger partial charge in [0, 0.05) is 24.2 Å². The first-order valence-electron chi connectivity index (χ1n) is 6.63. The zero-order valence-electron chi connectivity index (χ0n) is 12.1. The minimum atomic E-state index is -0.346. The first-order valence-corrected chi connectivity index (χ1v) is 6.63. The van der Waals surface area contributed by atoms with Gasteiger partial charge in [0.2, 0.25) is 0 Å². The number of hydrogen-bond donors (Lipinski definition) is 0. The van der Waals surface area contributed by atoms with Crippen molar-refractivity contribution in [2.75, 3.05) is 14.2 Å². The Balaban J connectivity index is 2.08. The Hall–Kier alpha value is -2.38. The number of halogens is 1. The molecule has 0 aliphatic carbocycles. The lowest BCUT2D eigenvalue weighted by Gasteiger charge is -2.18. The minimum Gasteiger partial charge on any atom is -0.496 e. The Bertz CT molecular complexity index is 664. The van der Waals surface area contributed by atoms with Crippen LogP contribution in [0.15, 0.2) is 42.5 Å². The Labute approximate surface area is 124 Å². The summed E-state index contributed by atoms with van der Waals surface area (Å²) in [5.74, 6) is 0.477. The van der Waals surface area contributed by atoms with Crippen molar-refractivity contribution in [3.05, 3.63) is 65.0 Å². The fourth-order valence-corrected chi connectivity index (χ4v) is 2.22. The maximum absolute atomic E-state index is 13.9. The summed E-state index contributed by atoms with van der Waals surface area (Å²) in [5, 5.41) is 8.75. The second kappa shape index (κ2) is 6.87. The number of para-hydroxylation sites is 1. The molecule has 0 unspecified atom stereocenters. The third-order valence-electron chi connectivity index (χ3n) is 3.26. The summed E-state index contributed by atoms with van der Waals surface area (Å²) < 4.78 is 19.2. The predicted octanol–water partition coefficient (Wildman–Crippen LogP) is 3.34. The molecule has 2 aromatic rings. The van der Waals surface area contributed by atoms with Crippen LogP contribution in [0, 0.1) is 17.1 Å². The van der Waals surface area contributed by atoms with Crippen molar-refractivity contribution in [1.29, 1.82) is 5.26 Å². The van der Waals surface area contributed by atoms with E-state index in [1.54, 1.807) is 19.2 Å². The van der Waals surface area contributed by atoms with Crippen LogP contribution in [-0.4, -0.2) is 19.1 Å². The summed E-state index contributed by atoms with van der Waals surface area (Å²) in [5.41, 5.74) is 1.96. The van der Waals surface area contributed by atoms with Crippen LogP contribution in [0.4, 0.5) is 4.39 Å². The van der Waals surface area contributed by atoms with Crippen molar-refractivity contribution in [1.82, 2.24) is 4.90 Å². The highest BCUT2D eigenvalue weighted by atomic mass is 19.1. The van der Waals surface area contributed by atoms with Crippen LogP contribution in [0.1, 0.15) is 16.7 Å². The van der Waals surface area contributed by atoms with E-state index in [-0.39, 0.29) is 5.82 Å². The van der Waals surface area contributed by atoms with E-state index in [9.17, 15) is 4.39 Å². The van der Waals surface area contributed by atoms with Crippen molar-refractivity contribution in [2.45, 2.75) is 13.1 Å². The molecule has 0 aliphatic rings. The van der Waals surface area contributed by atoms with Gasteiger partial charge in [0.25, 0.3) is 0 Å². The van der Waals surface area contributed by atoms with Crippen molar-refractivity contribution >= 4 is 0 Å². The molecule has 3 nitrogen and oxygen atoms in total. The molecule has 108 valence electrons. The molecule has 0 spiro atoms. The molecule has 2 aromatic carbocycles. The highest BCUT2D eigenvalue weighted by Gasteiger charge is 2.09. The molecule has 0 amide bonds. The van der Waals surface area contributed by atoms with Gasteiger partial charge in [-0.05, 0) is 25.2 Å². The summed E-state index contributed by atoms with van der Waals surface area (Å²) in [4.78, 5) is 2.00. The van der Waals surface area contributed by atoms with Crippen LogP contribution >= 0.6 is 0 Å². The van der Waals surface area contributed by atoms with E-state index in [2.05, 4.69) is 0 Å². The van der Waals surface area contributed by atoms with Crippen molar-refractivity contribution in [3.8, 4) is 11.8 Å². The fourth-order valence-electron chi connectivity index (χ4n) is 2.22. The largest absolute Gasteiger partial charge is 0.496 e. The standard InChI is InChI=1S/C17H17FN2O/c1-20(12-15-5-3-4-6-17(15)21-2)11-14-8-7-13(10-19)9-16(14)18/h3-9H,11-12H2,1-2H3. The number of nitrogens with zero attached hydrogens (tertiary/aromatic N) is 2. The van der Waals surface area contributed by atoms with E-state index in [0.29, 0.717) is 24.2 Å². The van der Waals surface area contributed by atoms with Gasteiger partial charge in [-0.1, -0.05) is 24.3 Å². The Kier molecular flexibility index (Phi) is 4.91. The van der Waals surface area contributed by atoms with E-state index in [1.165, 1.54) is 6.07 Å². The molecular formula is C17H17FN2O. The van der Waals surface area contributed by atoms with Gasteiger partial charge in [-0.3, -0.25) is 4.90 Å². The summed E-state index contributed by atoms with van der Waals surface area (Å²) in [6, 6.07) is 14.3. The average Bonchev–Trinajstić information content (AvgIpc) is 2.49. The number of nitriles is 1. The molecule has 0 saturated carbocycles. The molecule has 0 bridgehead atoms. The van der Waals surface area contributed by atoms with Gasteiger partial charge in [0.1, 0.15) is 11.6 Å². The molecule has 4 heteroatoms. The van der Waals surface area contributed by atoms with Crippen LogP contribution in [-0.2, 0) is 13.1 Å². The van der Waals surface area contributed by atoms with Crippen LogP contribution in [0.3, 0.4) is 0 Å². The van der Waals surface area contributed by atoms with Crippen molar-refractivity contribution in [3.63, 3.8) is 0 Å². The number of methoxy groups -OCH3 is 1. The molecule has 0 N–H and O–H groups in total. The summed E-state index contributed by atoms with van der Waals surface area (Å²) >= 11 is 0. The number of ether oxygens (including phenoxy) is 1. The highest BCUT2D eigenvalue weighted by molar-refractivity contribution is 5.34. The van der Waals surface area contributed by atoms with Crippen LogP contribution < -0.4 is 4.74 Å². The molecule has 0 radical (unpaired) electrons. The first-order chi connectivity index (χ1) is 10.1. The summed E-state index contributed by atoms with van der Waals surface area (Å²) in [6.07, 6.45) is 0. The third-order valence-corrected chi connectivity index (χ3v) is 3.26. The van der Waals surface area contributed by atoms with Gasteiger partial charge in [-0.15, -0.1) is 0 Å². The van der Waals surface area contributed by atoms with Gasteiger partial charge in [0.05, 0.1) is 18.7 Å². The maximum atomic E-state index is 13.9. The third kappa shape index (κ3) is 3.80. The first kappa shape index (κ1) is 15.0. The van der Waals surface area contributed by atoms with E-state index in [0.717, 1.165) is 11.3 Å². The molecule has 0 heterocycles. The van der Waals surface area contributed by atoms with Gasteiger partial charge >= 0.3 is 0 Å². The van der Waals surface area contributed by atoms with E-state index >= 15 is 0 Å². The minimum absolute atomic E-state index is 0.337. The fraction of sp³-hybridized carbons (Fsp3) is 0.235. The maximum Gasteiger partial charge on any atom is 0.129 e. The highest BCUT2D eigenvalue weighted by Crippen LogP contribution is 2.20. The number of hydrogen-bond acceptors (Lipinski definition) is 3. The molecule has 0 atom stereocenters. The van der Waals surface area contributed by atoms with Crippen LogP contribution in [0.25, 0.3) is 0 Å². The smallest absolute Gasteiger partial charge is 0.129 e. The topological polar surface area (TPSA) is 36.3 Å². The van der Waals surface area contributed by atoms with Gasteiger partial charge < -0.3 is 4.74 Å². The second-order valence-corrected chi connectivity index (χ2v) is 4.90. The Morgan fingerprint density at radius 3 is 2.52 bits per heavy atom. The lowest BCUT2D eigenvalue weighted by atomic mass is 10.1. The molecule has 2 rings (SSSR count). The lowest BCUT2D eigenvalue weighted by molar-refractivity contribution is 0.305. The Morgan fingerprint density at radius 1 is 1.14 bits per heavy atom. The molecule has 21 heavy (non-hydrogen) atoms. The average molecular weight is 284 g/mol. The molecule has 0 saturated heterocycles. The zero-order valence-corrected chi connectivity index (χ0v) is 12.1. The lowest BCUT2D eigenvalue weighted by Crippen LogP contribution is -2.18. The van der Waals surface area contributed by atoms with Gasteiger partial charge in [-0.2, -0.15) is 5.26 Å². The molecule has 0 aliphatic heterocycles. The summed E-state index contributed by atoms with van der Waals surface area (Å²) in [7, 11) is 3.56. The van der Waals surface area contributed by atoms with Crippen LogP contribution in [0.5, 0.6) is 5.75 Å².